The highest BCUT2D eigenvalue weighted by molar-refractivity contribution is 6.40. The van der Waals surface area contributed by atoms with Gasteiger partial charge in [-0.3, -0.25) is 9.69 Å². The Kier molecular flexibility index (Phi) is 4.26. The number of nitrogens with zero attached hydrogens (tertiary/aromatic N) is 3. The molecule has 0 saturated heterocycles. The second-order valence-electron chi connectivity index (χ2n) is 6.39. The van der Waals surface area contributed by atoms with E-state index in [9.17, 15) is 4.79 Å². The molecule has 29 heavy (non-hydrogen) atoms. The van der Waals surface area contributed by atoms with E-state index >= 15 is 0 Å². The molecule has 4 aromatic rings. The van der Waals surface area contributed by atoms with Gasteiger partial charge in [0.25, 0.3) is 5.91 Å². The van der Waals surface area contributed by atoms with Gasteiger partial charge in [-0.1, -0.05) is 29.3 Å². The van der Waals surface area contributed by atoms with Crippen molar-refractivity contribution < 1.29 is 9.53 Å². The zero-order valence-electron chi connectivity index (χ0n) is 14.8. The molecule has 0 bridgehead atoms. The van der Waals surface area contributed by atoms with Crippen molar-refractivity contribution in [2.45, 2.75) is 0 Å². The van der Waals surface area contributed by atoms with Crippen LogP contribution in [0.1, 0.15) is 10.4 Å². The first-order valence-electron chi connectivity index (χ1n) is 8.70. The number of hydrogen-bond donors (Lipinski definition) is 2. The van der Waals surface area contributed by atoms with Crippen LogP contribution in [0.3, 0.4) is 0 Å². The summed E-state index contributed by atoms with van der Waals surface area (Å²) < 4.78 is 5.70. The minimum absolute atomic E-state index is 0.0545. The Bertz CT molecular complexity index is 1240. The lowest BCUT2D eigenvalue weighted by molar-refractivity contribution is 0.0932. The normalized spacial score (nSPS) is 13.3. The van der Waals surface area contributed by atoms with Gasteiger partial charge in [0.05, 0.1) is 15.7 Å². The van der Waals surface area contributed by atoms with Crippen LogP contribution < -0.4 is 15.0 Å². The molecule has 0 spiro atoms. The minimum Gasteiger partial charge on any atom is -0.455 e. The highest BCUT2D eigenvalue weighted by atomic mass is 35.5. The topological polar surface area (TPSA) is 83.1 Å². The van der Waals surface area contributed by atoms with Gasteiger partial charge in [0, 0.05) is 29.0 Å². The molecule has 2 aromatic carbocycles. The molecule has 1 amide bonds. The molecule has 1 aliphatic heterocycles. The van der Waals surface area contributed by atoms with E-state index in [0.29, 0.717) is 21.7 Å². The fourth-order valence-electron chi connectivity index (χ4n) is 3.19. The number of amides is 1. The molecule has 7 nitrogen and oxygen atoms in total. The van der Waals surface area contributed by atoms with E-state index in [2.05, 4.69) is 20.3 Å². The van der Waals surface area contributed by atoms with Crippen LogP contribution in [0, 0.1) is 0 Å². The van der Waals surface area contributed by atoms with Crippen LogP contribution in [-0.2, 0) is 0 Å². The molecule has 1 aliphatic rings. The first-order chi connectivity index (χ1) is 14.1. The van der Waals surface area contributed by atoms with E-state index in [1.165, 1.54) is 11.1 Å². The third kappa shape index (κ3) is 3.14. The lowest BCUT2D eigenvalue weighted by Gasteiger charge is -2.29. The molecule has 5 rings (SSSR count). The Labute approximate surface area is 175 Å². The summed E-state index contributed by atoms with van der Waals surface area (Å²) in [4.78, 5) is 26.0. The molecule has 2 N–H and O–H groups in total. The number of carbonyl (C=O) groups is 1. The van der Waals surface area contributed by atoms with Gasteiger partial charge in [-0.25, -0.2) is 4.98 Å². The van der Waals surface area contributed by atoms with Crippen LogP contribution in [0.15, 0.2) is 54.9 Å². The van der Waals surface area contributed by atoms with Crippen LogP contribution in [0.25, 0.3) is 10.9 Å². The van der Waals surface area contributed by atoms with Gasteiger partial charge in [-0.2, -0.15) is 4.98 Å². The van der Waals surface area contributed by atoms with E-state index in [0.717, 1.165) is 16.6 Å². The van der Waals surface area contributed by atoms with Crippen molar-refractivity contribution >= 4 is 57.3 Å². The Hall–Kier alpha value is -3.29. The highest BCUT2D eigenvalue weighted by Crippen LogP contribution is 2.37. The SMILES string of the molecule is O=C1c2cnc(Nc3ccc4[nH]ccc4c3)nc2OCN1c1c(Cl)cccc1Cl. The van der Waals surface area contributed by atoms with Crippen molar-refractivity contribution in [3.05, 3.63) is 70.5 Å². The summed E-state index contributed by atoms with van der Waals surface area (Å²) in [6, 6.07) is 12.9. The summed E-state index contributed by atoms with van der Waals surface area (Å²) in [5.74, 6) is 0.201. The van der Waals surface area contributed by atoms with Crippen molar-refractivity contribution in [1.82, 2.24) is 15.0 Å². The number of para-hydroxylation sites is 1. The molecule has 9 heteroatoms. The van der Waals surface area contributed by atoms with Crippen LogP contribution in [-0.4, -0.2) is 27.6 Å². The molecular formula is C20H13Cl2N5O2. The minimum atomic E-state index is -0.332. The van der Waals surface area contributed by atoms with E-state index in [1.54, 1.807) is 18.2 Å². The van der Waals surface area contributed by atoms with Crippen molar-refractivity contribution in [1.29, 1.82) is 0 Å². The van der Waals surface area contributed by atoms with E-state index in [1.807, 2.05) is 30.5 Å². The summed E-state index contributed by atoms with van der Waals surface area (Å²) >= 11 is 12.5. The summed E-state index contributed by atoms with van der Waals surface area (Å²) in [6.45, 7) is -0.0545. The first kappa shape index (κ1) is 17.8. The maximum absolute atomic E-state index is 12.9. The molecule has 0 fully saturated rings. The second kappa shape index (κ2) is 6.95. The number of H-pyrrole nitrogens is 1. The fourth-order valence-corrected chi connectivity index (χ4v) is 3.79. The molecule has 2 aromatic heterocycles. The predicted octanol–water partition coefficient (Wildman–Crippen LogP) is 5.01. The lowest BCUT2D eigenvalue weighted by atomic mass is 10.2. The summed E-state index contributed by atoms with van der Waals surface area (Å²) in [5.41, 5.74) is 2.49. The largest absolute Gasteiger partial charge is 0.455 e. The number of halogens is 2. The standard InChI is InChI=1S/C20H13Cl2N5O2/c21-14-2-1-3-15(22)17(14)27-10-29-18-13(19(27)28)9-24-20(26-18)25-12-4-5-16-11(8-12)6-7-23-16/h1-9,23H,10H2,(H,24,25,26). The fraction of sp³-hybridized carbons (Fsp3) is 0.0500. The average molecular weight is 426 g/mol. The molecule has 0 unspecified atom stereocenters. The van der Waals surface area contributed by atoms with Crippen LogP contribution in [0.4, 0.5) is 17.3 Å². The third-order valence-electron chi connectivity index (χ3n) is 4.58. The molecular weight excluding hydrogens is 413 g/mol. The van der Waals surface area contributed by atoms with Crippen molar-refractivity contribution in [2.75, 3.05) is 16.9 Å². The Morgan fingerprint density at radius 3 is 2.79 bits per heavy atom. The van der Waals surface area contributed by atoms with Crippen molar-refractivity contribution in [3.63, 3.8) is 0 Å². The van der Waals surface area contributed by atoms with Crippen LogP contribution >= 0.6 is 23.2 Å². The number of benzene rings is 2. The number of rotatable bonds is 3. The molecule has 0 radical (unpaired) electrons. The number of carbonyl (C=O) groups excluding carboxylic acids is 1. The molecule has 0 aliphatic carbocycles. The maximum Gasteiger partial charge on any atom is 0.268 e. The van der Waals surface area contributed by atoms with E-state index in [4.69, 9.17) is 27.9 Å². The average Bonchev–Trinajstić information content (AvgIpc) is 3.17. The van der Waals surface area contributed by atoms with Gasteiger partial charge in [-0.15, -0.1) is 0 Å². The predicted molar refractivity (Wildman–Crippen MR) is 112 cm³/mol. The Balaban J connectivity index is 1.43. The third-order valence-corrected chi connectivity index (χ3v) is 5.19. The van der Waals surface area contributed by atoms with Crippen LogP contribution in [0.2, 0.25) is 10.0 Å². The first-order valence-corrected chi connectivity index (χ1v) is 9.45. The highest BCUT2D eigenvalue weighted by Gasteiger charge is 2.31. The van der Waals surface area contributed by atoms with Crippen LogP contribution in [0.5, 0.6) is 5.88 Å². The van der Waals surface area contributed by atoms with Crippen molar-refractivity contribution in [2.24, 2.45) is 0 Å². The number of aromatic nitrogens is 3. The van der Waals surface area contributed by atoms with Gasteiger partial charge in [0.2, 0.25) is 11.8 Å². The van der Waals surface area contributed by atoms with E-state index < -0.39 is 0 Å². The summed E-state index contributed by atoms with van der Waals surface area (Å²) in [6.07, 6.45) is 3.30. The zero-order chi connectivity index (χ0) is 20.0. The van der Waals surface area contributed by atoms with Gasteiger partial charge >= 0.3 is 0 Å². The zero-order valence-corrected chi connectivity index (χ0v) is 16.3. The number of anilines is 3. The van der Waals surface area contributed by atoms with E-state index in [-0.39, 0.29) is 24.1 Å². The summed E-state index contributed by atoms with van der Waals surface area (Å²) in [5, 5.41) is 4.91. The van der Waals surface area contributed by atoms with Gasteiger partial charge in [-0.05, 0) is 36.4 Å². The maximum atomic E-state index is 12.9. The molecule has 0 saturated carbocycles. The molecule has 0 atom stereocenters. The quantitative estimate of drug-likeness (QED) is 0.482. The number of ether oxygens (including phenoxy) is 1. The van der Waals surface area contributed by atoms with Gasteiger partial charge in [0.15, 0.2) is 6.73 Å². The Morgan fingerprint density at radius 1 is 1.14 bits per heavy atom. The van der Waals surface area contributed by atoms with Crippen molar-refractivity contribution in [3.8, 4) is 5.88 Å². The number of aromatic amines is 1. The number of hydrogen-bond acceptors (Lipinski definition) is 5. The second-order valence-corrected chi connectivity index (χ2v) is 7.21. The Morgan fingerprint density at radius 2 is 1.97 bits per heavy atom. The summed E-state index contributed by atoms with van der Waals surface area (Å²) in [7, 11) is 0. The number of fused-ring (bicyclic) bond motifs is 2. The smallest absolute Gasteiger partial charge is 0.268 e. The molecule has 3 heterocycles. The monoisotopic (exact) mass is 425 g/mol. The molecule has 144 valence electrons. The van der Waals surface area contributed by atoms with Gasteiger partial charge < -0.3 is 15.0 Å². The van der Waals surface area contributed by atoms with Gasteiger partial charge in [0.1, 0.15) is 5.56 Å². The number of nitrogens with one attached hydrogen (secondary N) is 2. The lowest BCUT2D eigenvalue weighted by Crippen LogP contribution is -2.39.